The Hall–Kier alpha value is -4.16. The molecular weight excluding hydrogens is 421 g/mol. The fourth-order valence-corrected chi connectivity index (χ4v) is 2.99. The minimum absolute atomic E-state index is 0.0224. The van der Waals surface area contributed by atoms with Gasteiger partial charge in [-0.05, 0) is 12.8 Å². The van der Waals surface area contributed by atoms with Crippen molar-refractivity contribution in [3.63, 3.8) is 0 Å². The summed E-state index contributed by atoms with van der Waals surface area (Å²) in [4.78, 5) is 29.6. The predicted molar refractivity (Wildman–Crippen MR) is 111 cm³/mol. The molecule has 0 radical (unpaired) electrons. The van der Waals surface area contributed by atoms with Gasteiger partial charge in [0.25, 0.3) is 5.91 Å². The van der Waals surface area contributed by atoms with E-state index >= 15 is 0 Å². The largest absolute Gasteiger partial charge is 0.492 e. The zero-order valence-electron chi connectivity index (χ0n) is 17.5. The van der Waals surface area contributed by atoms with E-state index in [-0.39, 0.29) is 40.6 Å². The van der Waals surface area contributed by atoms with Crippen LogP contribution in [0.1, 0.15) is 23.3 Å². The van der Waals surface area contributed by atoms with Crippen LogP contribution in [0.4, 0.5) is 21.7 Å². The average molecular weight is 441 g/mol. The highest BCUT2D eigenvalue weighted by molar-refractivity contribution is 5.99. The second kappa shape index (κ2) is 8.53. The van der Waals surface area contributed by atoms with Gasteiger partial charge in [0, 0.05) is 32.1 Å². The number of aromatic nitrogens is 6. The number of halogens is 1. The first-order chi connectivity index (χ1) is 15.4. The van der Waals surface area contributed by atoms with E-state index in [4.69, 9.17) is 4.74 Å². The molecular formula is C19H20FN9O3. The van der Waals surface area contributed by atoms with Crippen LogP contribution in [0.5, 0.6) is 5.75 Å². The molecule has 0 saturated heterocycles. The lowest BCUT2D eigenvalue weighted by Gasteiger charge is -2.15. The van der Waals surface area contributed by atoms with Gasteiger partial charge in [0.05, 0.1) is 24.6 Å². The molecule has 0 bridgehead atoms. The van der Waals surface area contributed by atoms with Gasteiger partial charge in [-0.15, -0.1) is 10.2 Å². The molecule has 12 nitrogen and oxygen atoms in total. The summed E-state index contributed by atoms with van der Waals surface area (Å²) in [6.45, 7) is 0. The minimum Gasteiger partial charge on any atom is -0.492 e. The molecule has 3 aromatic heterocycles. The van der Waals surface area contributed by atoms with Gasteiger partial charge in [-0.2, -0.15) is 24.4 Å². The number of rotatable bonds is 7. The Morgan fingerprint density at radius 2 is 2.03 bits per heavy atom. The molecule has 1 aliphatic rings. The summed E-state index contributed by atoms with van der Waals surface area (Å²) in [7, 11) is 4.46. The number of methoxy groups -OCH3 is 1. The average Bonchev–Trinajstić information content (AvgIpc) is 3.54. The highest BCUT2D eigenvalue weighted by Gasteiger charge is 2.30. The number of aryl methyl sites for hydroxylation is 1. The number of hydrogen-bond donors (Lipinski definition) is 3. The molecule has 1 saturated carbocycles. The zero-order chi connectivity index (χ0) is 22.8. The summed E-state index contributed by atoms with van der Waals surface area (Å²) >= 11 is 0. The van der Waals surface area contributed by atoms with Gasteiger partial charge in [0.15, 0.2) is 23.1 Å². The molecule has 13 heteroatoms. The molecule has 3 aromatic rings. The number of anilines is 3. The molecule has 0 unspecified atom stereocenters. The van der Waals surface area contributed by atoms with Crippen molar-refractivity contribution in [3.8, 4) is 17.0 Å². The Bertz CT molecular complexity index is 1190. The lowest BCUT2D eigenvalue weighted by molar-refractivity contribution is -0.117. The van der Waals surface area contributed by atoms with E-state index in [0.717, 1.165) is 12.8 Å². The molecule has 0 aliphatic heterocycles. The SMILES string of the molecule is CNC(=O)c1nnc(NC(=O)C2CC2)cc1Nc1nc(F)cc(-c2cnn(C)n2)c1OC. The van der Waals surface area contributed by atoms with Crippen LogP contribution in [-0.4, -0.2) is 56.1 Å². The molecule has 4 rings (SSSR count). The number of hydrogen-bond acceptors (Lipinski definition) is 9. The molecule has 32 heavy (non-hydrogen) atoms. The maximum Gasteiger partial charge on any atom is 0.273 e. The quantitative estimate of drug-likeness (QED) is 0.461. The summed E-state index contributed by atoms with van der Waals surface area (Å²) in [5.41, 5.74) is 0.741. The fraction of sp³-hybridized carbons (Fsp3) is 0.316. The Morgan fingerprint density at radius 3 is 2.66 bits per heavy atom. The van der Waals surface area contributed by atoms with Crippen LogP contribution in [0.3, 0.4) is 0 Å². The Morgan fingerprint density at radius 1 is 1.25 bits per heavy atom. The van der Waals surface area contributed by atoms with Crippen molar-refractivity contribution < 1.29 is 18.7 Å². The number of pyridine rings is 1. The highest BCUT2D eigenvalue weighted by atomic mass is 19.1. The van der Waals surface area contributed by atoms with Gasteiger partial charge in [0.1, 0.15) is 5.69 Å². The van der Waals surface area contributed by atoms with Gasteiger partial charge in [-0.3, -0.25) is 9.59 Å². The van der Waals surface area contributed by atoms with Crippen molar-refractivity contribution in [2.24, 2.45) is 13.0 Å². The molecule has 0 aromatic carbocycles. The summed E-state index contributed by atoms with van der Waals surface area (Å²) in [5, 5.41) is 24.0. The predicted octanol–water partition coefficient (Wildman–Crippen LogP) is 1.27. The molecule has 2 amide bonds. The second-order valence-corrected chi connectivity index (χ2v) is 7.05. The van der Waals surface area contributed by atoms with Crippen LogP contribution in [0.15, 0.2) is 18.3 Å². The molecule has 1 aliphatic carbocycles. The van der Waals surface area contributed by atoms with Gasteiger partial charge in [-0.25, -0.2) is 0 Å². The molecule has 0 atom stereocenters. The molecule has 0 spiro atoms. The lowest BCUT2D eigenvalue weighted by atomic mass is 10.1. The number of ether oxygens (including phenoxy) is 1. The standard InChI is InChI=1S/C19H20FN9O3/c1-21-19(31)15-11(7-14(26-27-15)25-18(30)9-4-5-9)23-17-16(32-3)10(6-13(20)24-17)12-8-22-29(2)28-12/h6-9H,4-5H2,1-3H3,(H,21,31)(H2,23,24,25,26,30). The third-order valence-electron chi connectivity index (χ3n) is 4.71. The summed E-state index contributed by atoms with van der Waals surface area (Å²) in [5.74, 6) is -1.28. The zero-order valence-corrected chi connectivity index (χ0v) is 17.5. The van der Waals surface area contributed by atoms with Gasteiger partial charge >= 0.3 is 0 Å². The normalized spacial score (nSPS) is 12.9. The molecule has 3 N–H and O–H groups in total. The number of carbonyl (C=O) groups is 2. The lowest BCUT2D eigenvalue weighted by Crippen LogP contribution is -2.22. The molecule has 166 valence electrons. The van der Waals surface area contributed by atoms with E-state index in [1.807, 2.05) is 0 Å². The smallest absolute Gasteiger partial charge is 0.273 e. The van der Waals surface area contributed by atoms with Gasteiger partial charge in [0.2, 0.25) is 11.9 Å². The maximum absolute atomic E-state index is 14.4. The van der Waals surface area contributed by atoms with Crippen molar-refractivity contribution in [2.75, 3.05) is 24.8 Å². The Balaban J connectivity index is 1.75. The van der Waals surface area contributed by atoms with E-state index < -0.39 is 11.9 Å². The second-order valence-electron chi connectivity index (χ2n) is 7.05. The summed E-state index contributed by atoms with van der Waals surface area (Å²) < 4.78 is 19.8. The van der Waals surface area contributed by atoms with Crippen molar-refractivity contribution in [1.29, 1.82) is 0 Å². The number of amides is 2. The van der Waals surface area contributed by atoms with E-state index in [1.165, 1.54) is 37.3 Å². The first-order valence-corrected chi connectivity index (χ1v) is 9.68. The van der Waals surface area contributed by atoms with Crippen LogP contribution in [0.2, 0.25) is 0 Å². The van der Waals surface area contributed by atoms with Crippen molar-refractivity contribution >= 4 is 29.1 Å². The van der Waals surface area contributed by atoms with Crippen LogP contribution >= 0.6 is 0 Å². The van der Waals surface area contributed by atoms with Crippen molar-refractivity contribution in [1.82, 2.24) is 35.5 Å². The fourth-order valence-electron chi connectivity index (χ4n) is 2.99. The van der Waals surface area contributed by atoms with Crippen molar-refractivity contribution in [3.05, 3.63) is 30.0 Å². The van der Waals surface area contributed by atoms with Gasteiger partial charge in [-0.1, -0.05) is 0 Å². The summed E-state index contributed by atoms with van der Waals surface area (Å²) in [6, 6.07) is 2.59. The van der Waals surface area contributed by atoms with E-state index in [2.05, 4.69) is 41.3 Å². The monoisotopic (exact) mass is 441 g/mol. The van der Waals surface area contributed by atoms with Crippen LogP contribution < -0.4 is 20.7 Å². The number of nitrogens with zero attached hydrogens (tertiary/aromatic N) is 6. The first-order valence-electron chi connectivity index (χ1n) is 9.68. The third kappa shape index (κ3) is 4.31. The minimum atomic E-state index is -0.806. The van der Waals surface area contributed by atoms with E-state index in [9.17, 15) is 14.0 Å². The maximum atomic E-state index is 14.4. The Labute approximate surface area is 181 Å². The van der Waals surface area contributed by atoms with E-state index in [0.29, 0.717) is 11.3 Å². The van der Waals surface area contributed by atoms with Crippen LogP contribution in [0, 0.1) is 11.9 Å². The van der Waals surface area contributed by atoms with E-state index in [1.54, 1.807) is 7.05 Å². The Kier molecular flexibility index (Phi) is 5.62. The van der Waals surface area contributed by atoms with Gasteiger partial charge < -0.3 is 20.7 Å². The molecule has 3 heterocycles. The van der Waals surface area contributed by atoms with Crippen LogP contribution in [0.25, 0.3) is 11.3 Å². The van der Waals surface area contributed by atoms with Crippen LogP contribution in [-0.2, 0) is 11.8 Å². The topological polar surface area (TPSA) is 149 Å². The third-order valence-corrected chi connectivity index (χ3v) is 4.71. The number of nitrogens with one attached hydrogen (secondary N) is 3. The van der Waals surface area contributed by atoms with Crippen molar-refractivity contribution in [2.45, 2.75) is 12.8 Å². The highest BCUT2D eigenvalue weighted by Crippen LogP contribution is 2.37. The molecule has 1 fully saturated rings. The first kappa shape index (κ1) is 21.1. The summed E-state index contributed by atoms with van der Waals surface area (Å²) in [6.07, 6.45) is 3.09. The number of carbonyl (C=O) groups excluding carboxylic acids is 2.